The van der Waals surface area contributed by atoms with Crippen molar-refractivity contribution in [3.05, 3.63) is 64.4 Å². The molecule has 0 bridgehead atoms. The fraction of sp³-hybridized carbons (Fsp3) is 0.391. The van der Waals surface area contributed by atoms with E-state index in [2.05, 4.69) is 21.2 Å². The van der Waals surface area contributed by atoms with Crippen molar-refractivity contribution in [2.75, 3.05) is 17.1 Å². The molecule has 0 spiro atoms. The molecule has 2 amide bonds. The van der Waals surface area contributed by atoms with E-state index in [0.29, 0.717) is 12.1 Å². The molecule has 2 rings (SSSR count). The van der Waals surface area contributed by atoms with E-state index in [-0.39, 0.29) is 18.2 Å². The summed E-state index contributed by atoms with van der Waals surface area (Å²) >= 11 is 3.30. The molecule has 0 heterocycles. The first-order valence-corrected chi connectivity index (χ1v) is 13.1. The van der Waals surface area contributed by atoms with Crippen LogP contribution in [0.3, 0.4) is 0 Å². The van der Waals surface area contributed by atoms with Crippen molar-refractivity contribution >= 4 is 43.5 Å². The van der Waals surface area contributed by atoms with Crippen molar-refractivity contribution < 1.29 is 22.4 Å². The van der Waals surface area contributed by atoms with Gasteiger partial charge in [-0.3, -0.25) is 13.9 Å². The van der Waals surface area contributed by atoms with Crippen LogP contribution in [0.15, 0.2) is 53.0 Å². The van der Waals surface area contributed by atoms with Gasteiger partial charge in [0.1, 0.15) is 18.4 Å². The van der Waals surface area contributed by atoms with Crippen molar-refractivity contribution in [1.29, 1.82) is 0 Å². The van der Waals surface area contributed by atoms with Crippen LogP contribution in [0.2, 0.25) is 0 Å². The Labute approximate surface area is 203 Å². The first-order valence-electron chi connectivity index (χ1n) is 10.5. The molecule has 0 unspecified atom stereocenters. The van der Waals surface area contributed by atoms with Gasteiger partial charge in [-0.1, -0.05) is 41.1 Å². The first kappa shape index (κ1) is 26.8. The van der Waals surface area contributed by atoms with Gasteiger partial charge in [0.05, 0.1) is 11.9 Å². The predicted octanol–water partition coefficient (Wildman–Crippen LogP) is 3.69. The van der Waals surface area contributed by atoms with Gasteiger partial charge in [0.25, 0.3) is 0 Å². The second-order valence-corrected chi connectivity index (χ2v) is 10.7. The standard InChI is InChI=1S/C23H29BrFN3O4S/c1-5-16(2)26-23(30)17(3)27(14-18-8-6-7-9-21(18)25)22(29)15-28(33(4,31)32)20-12-10-19(24)11-13-20/h6-13,16-17H,5,14-15H2,1-4H3,(H,26,30)/t16-,17-/m1/s1. The summed E-state index contributed by atoms with van der Waals surface area (Å²) in [5.74, 6) is -1.54. The number of hydrogen-bond acceptors (Lipinski definition) is 4. The normalized spacial score (nSPS) is 13.2. The minimum Gasteiger partial charge on any atom is -0.352 e. The van der Waals surface area contributed by atoms with Gasteiger partial charge in [0.15, 0.2) is 0 Å². The Balaban J connectivity index is 2.39. The van der Waals surface area contributed by atoms with Crippen LogP contribution in [0, 0.1) is 5.82 Å². The Morgan fingerprint density at radius 1 is 1.09 bits per heavy atom. The number of amides is 2. The van der Waals surface area contributed by atoms with Crippen LogP contribution in [0.1, 0.15) is 32.8 Å². The van der Waals surface area contributed by atoms with E-state index in [1.54, 1.807) is 37.3 Å². The number of benzene rings is 2. The van der Waals surface area contributed by atoms with E-state index in [4.69, 9.17) is 0 Å². The molecule has 0 aliphatic heterocycles. The zero-order chi connectivity index (χ0) is 24.8. The lowest BCUT2D eigenvalue weighted by molar-refractivity contribution is -0.139. The second kappa shape index (κ2) is 11.6. The molecule has 180 valence electrons. The average Bonchev–Trinajstić information content (AvgIpc) is 2.76. The fourth-order valence-corrected chi connectivity index (χ4v) is 4.19. The molecular formula is C23H29BrFN3O4S. The van der Waals surface area contributed by atoms with Crippen LogP contribution >= 0.6 is 15.9 Å². The van der Waals surface area contributed by atoms with E-state index in [1.165, 1.54) is 23.1 Å². The van der Waals surface area contributed by atoms with Crippen LogP contribution < -0.4 is 9.62 Å². The molecule has 0 radical (unpaired) electrons. The van der Waals surface area contributed by atoms with Gasteiger partial charge in [-0.05, 0) is 50.6 Å². The second-order valence-electron chi connectivity index (χ2n) is 7.85. The number of nitrogens with one attached hydrogen (secondary N) is 1. The maximum Gasteiger partial charge on any atom is 0.244 e. The molecule has 0 aliphatic rings. The Bertz CT molecular complexity index is 1080. The van der Waals surface area contributed by atoms with Gasteiger partial charge in [0, 0.05) is 22.6 Å². The summed E-state index contributed by atoms with van der Waals surface area (Å²) in [6.07, 6.45) is 1.70. The van der Waals surface area contributed by atoms with Crippen molar-refractivity contribution in [1.82, 2.24) is 10.2 Å². The van der Waals surface area contributed by atoms with Crippen LogP contribution in [0.25, 0.3) is 0 Å². The lowest BCUT2D eigenvalue weighted by Gasteiger charge is -2.32. The van der Waals surface area contributed by atoms with Crippen LogP contribution in [0.4, 0.5) is 10.1 Å². The highest BCUT2D eigenvalue weighted by Crippen LogP contribution is 2.22. The average molecular weight is 542 g/mol. The first-order chi connectivity index (χ1) is 15.4. The van der Waals surface area contributed by atoms with Crippen LogP contribution in [0.5, 0.6) is 0 Å². The van der Waals surface area contributed by atoms with Gasteiger partial charge in [0.2, 0.25) is 21.8 Å². The summed E-state index contributed by atoms with van der Waals surface area (Å²) in [4.78, 5) is 27.4. The van der Waals surface area contributed by atoms with E-state index < -0.39 is 40.2 Å². The quantitative estimate of drug-likeness (QED) is 0.497. The van der Waals surface area contributed by atoms with Gasteiger partial charge in [-0.15, -0.1) is 0 Å². The molecule has 1 N–H and O–H groups in total. The summed E-state index contributed by atoms with van der Waals surface area (Å²) in [5, 5.41) is 2.82. The summed E-state index contributed by atoms with van der Waals surface area (Å²) in [6, 6.07) is 11.4. The summed E-state index contributed by atoms with van der Waals surface area (Å²) in [7, 11) is -3.81. The largest absolute Gasteiger partial charge is 0.352 e. The van der Waals surface area contributed by atoms with E-state index in [1.807, 2.05) is 13.8 Å². The molecule has 7 nitrogen and oxygen atoms in total. The smallest absolute Gasteiger partial charge is 0.244 e. The molecule has 10 heteroatoms. The zero-order valence-electron chi connectivity index (χ0n) is 19.1. The SMILES string of the molecule is CC[C@@H](C)NC(=O)[C@@H](C)N(Cc1ccccc1F)C(=O)CN(c1ccc(Br)cc1)S(C)(=O)=O. The molecule has 0 saturated heterocycles. The maximum absolute atomic E-state index is 14.3. The van der Waals surface area contributed by atoms with Gasteiger partial charge < -0.3 is 10.2 Å². The predicted molar refractivity (Wildman–Crippen MR) is 131 cm³/mol. The molecule has 0 aliphatic carbocycles. The van der Waals surface area contributed by atoms with Gasteiger partial charge in [-0.25, -0.2) is 12.8 Å². The number of halogens is 2. The molecule has 2 aromatic rings. The highest BCUT2D eigenvalue weighted by atomic mass is 79.9. The van der Waals surface area contributed by atoms with Crippen molar-refractivity contribution in [2.24, 2.45) is 0 Å². The van der Waals surface area contributed by atoms with Crippen molar-refractivity contribution in [3.63, 3.8) is 0 Å². The number of hydrogen-bond donors (Lipinski definition) is 1. The lowest BCUT2D eigenvalue weighted by atomic mass is 10.1. The number of anilines is 1. The molecule has 33 heavy (non-hydrogen) atoms. The summed E-state index contributed by atoms with van der Waals surface area (Å²) in [6.45, 7) is 4.59. The number of sulfonamides is 1. The maximum atomic E-state index is 14.3. The zero-order valence-corrected chi connectivity index (χ0v) is 21.5. The van der Waals surface area contributed by atoms with E-state index >= 15 is 0 Å². The molecule has 2 atom stereocenters. The molecule has 0 fully saturated rings. The Morgan fingerprint density at radius 3 is 2.24 bits per heavy atom. The number of nitrogens with zero attached hydrogens (tertiary/aromatic N) is 2. The number of carbonyl (C=O) groups is 2. The number of rotatable bonds is 10. The third-order valence-corrected chi connectivity index (χ3v) is 6.93. The van der Waals surface area contributed by atoms with Gasteiger partial charge in [-0.2, -0.15) is 0 Å². The minimum atomic E-state index is -3.81. The molecular weight excluding hydrogens is 513 g/mol. The Morgan fingerprint density at radius 2 is 1.70 bits per heavy atom. The minimum absolute atomic E-state index is 0.111. The topological polar surface area (TPSA) is 86.8 Å². The fourth-order valence-electron chi connectivity index (χ4n) is 3.08. The molecule has 0 saturated carbocycles. The molecule has 2 aromatic carbocycles. The third-order valence-electron chi connectivity index (χ3n) is 5.26. The van der Waals surface area contributed by atoms with Crippen molar-refractivity contribution in [3.8, 4) is 0 Å². The number of carbonyl (C=O) groups excluding carboxylic acids is 2. The third kappa shape index (κ3) is 7.53. The lowest BCUT2D eigenvalue weighted by Crippen LogP contribution is -2.52. The van der Waals surface area contributed by atoms with Gasteiger partial charge >= 0.3 is 0 Å². The van der Waals surface area contributed by atoms with E-state index in [0.717, 1.165) is 15.0 Å². The molecule has 0 aromatic heterocycles. The Kier molecular flexibility index (Phi) is 9.42. The Hall–Kier alpha value is -2.46. The van der Waals surface area contributed by atoms with Crippen molar-refractivity contribution in [2.45, 2.75) is 45.8 Å². The van der Waals surface area contributed by atoms with E-state index in [9.17, 15) is 22.4 Å². The van der Waals surface area contributed by atoms with Crippen LogP contribution in [-0.4, -0.2) is 50.0 Å². The summed E-state index contributed by atoms with van der Waals surface area (Å²) < 4.78 is 41.0. The summed E-state index contributed by atoms with van der Waals surface area (Å²) in [5.41, 5.74) is 0.528. The highest BCUT2D eigenvalue weighted by Gasteiger charge is 2.30. The van der Waals surface area contributed by atoms with Crippen LogP contribution in [-0.2, 0) is 26.2 Å². The highest BCUT2D eigenvalue weighted by molar-refractivity contribution is 9.10. The monoisotopic (exact) mass is 541 g/mol.